The maximum atomic E-state index is 14.6. The highest BCUT2D eigenvalue weighted by atomic mass is 35.5. The Morgan fingerprint density at radius 2 is 1.50 bits per heavy atom. The quantitative estimate of drug-likeness (QED) is 0.172. The van der Waals surface area contributed by atoms with Crippen LogP contribution in [0.1, 0.15) is 42.4 Å². The van der Waals surface area contributed by atoms with Crippen LogP contribution in [0.2, 0.25) is 10.0 Å². The summed E-state index contributed by atoms with van der Waals surface area (Å²) in [6, 6.07) is 28.5. The van der Waals surface area contributed by atoms with Crippen LogP contribution >= 0.6 is 23.2 Å². The Bertz CT molecular complexity index is 1740. The zero-order chi connectivity index (χ0) is 32.7. The average molecular weight is 679 g/mol. The third kappa shape index (κ3) is 8.49. The molecule has 0 radical (unpaired) electrons. The van der Waals surface area contributed by atoms with E-state index in [-0.39, 0.29) is 35.5 Å². The van der Waals surface area contributed by atoms with Crippen molar-refractivity contribution >= 4 is 50.7 Å². The van der Waals surface area contributed by atoms with Crippen LogP contribution < -0.4 is 9.62 Å². The predicted octanol–water partition coefficient (Wildman–Crippen LogP) is 7.20. The number of hydrogen-bond donors (Lipinski definition) is 1. The summed E-state index contributed by atoms with van der Waals surface area (Å²) in [5.41, 5.74) is 2.99. The fraction of sp³-hybridized carbons (Fsp3) is 0.278. The molecule has 1 atom stereocenters. The van der Waals surface area contributed by atoms with Crippen LogP contribution in [0.3, 0.4) is 0 Å². The second-order valence-corrected chi connectivity index (χ2v) is 14.4. The van der Waals surface area contributed by atoms with Gasteiger partial charge in [-0.3, -0.25) is 13.9 Å². The topological polar surface area (TPSA) is 86.8 Å². The Balaban J connectivity index is 1.56. The molecule has 0 aliphatic heterocycles. The van der Waals surface area contributed by atoms with Gasteiger partial charge in [0.2, 0.25) is 11.8 Å². The molecule has 1 fully saturated rings. The number of carbonyl (C=O) groups is 2. The van der Waals surface area contributed by atoms with Gasteiger partial charge in [-0.05, 0) is 73.4 Å². The van der Waals surface area contributed by atoms with E-state index >= 15 is 0 Å². The van der Waals surface area contributed by atoms with Crippen molar-refractivity contribution in [1.29, 1.82) is 0 Å². The largest absolute Gasteiger partial charge is 0.352 e. The van der Waals surface area contributed by atoms with E-state index in [1.165, 1.54) is 35.2 Å². The first-order valence-corrected chi connectivity index (χ1v) is 17.5. The van der Waals surface area contributed by atoms with Crippen LogP contribution in [0.15, 0.2) is 108 Å². The number of aryl methyl sites for hydroxylation is 1. The maximum Gasteiger partial charge on any atom is 0.264 e. The molecule has 0 unspecified atom stereocenters. The second-order valence-electron chi connectivity index (χ2n) is 11.6. The normalized spacial score (nSPS) is 14.1. The average Bonchev–Trinajstić information content (AvgIpc) is 3.56. The van der Waals surface area contributed by atoms with E-state index in [1.54, 1.807) is 18.2 Å². The van der Waals surface area contributed by atoms with Crippen molar-refractivity contribution in [1.82, 2.24) is 10.2 Å². The van der Waals surface area contributed by atoms with Crippen molar-refractivity contribution in [3.8, 4) is 0 Å². The van der Waals surface area contributed by atoms with Crippen LogP contribution in [0.5, 0.6) is 0 Å². The van der Waals surface area contributed by atoms with Crippen LogP contribution in [0, 0.1) is 6.92 Å². The van der Waals surface area contributed by atoms with E-state index in [2.05, 4.69) is 5.32 Å². The molecule has 4 aromatic carbocycles. The fourth-order valence-corrected chi connectivity index (χ4v) is 7.42. The van der Waals surface area contributed by atoms with E-state index in [0.29, 0.717) is 10.0 Å². The number of hydrogen-bond acceptors (Lipinski definition) is 4. The van der Waals surface area contributed by atoms with E-state index in [0.717, 1.165) is 46.7 Å². The molecule has 2 amide bonds. The Kier molecular flexibility index (Phi) is 11.0. The number of anilines is 1. The van der Waals surface area contributed by atoms with Gasteiger partial charge in [-0.2, -0.15) is 0 Å². The summed E-state index contributed by atoms with van der Waals surface area (Å²) < 4.78 is 29.3. The molecule has 46 heavy (non-hydrogen) atoms. The van der Waals surface area contributed by atoms with E-state index in [4.69, 9.17) is 23.2 Å². The lowest BCUT2D eigenvalue weighted by atomic mass is 10.0. The molecular weight excluding hydrogens is 641 g/mol. The summed E-state index contributed by atoms with van der Waals surface area (Å²) in [5.74, 6) is -0.785. The Hall–Kier alpha value is -3.85. The molecule has 0 bridgehead atoms. The summed E-state index contributed by atoms with van der Waals surface area (Å²) in [6.07, 6.45) is 4.11. The van der Waals surface area contributed by atoms with E-state index < -0.39 is 28.5 Å². The predicted molar refractivity (Wildman–Crippen MR) is 183 cm³/mol. The van der Waals surface area contributed by atoms with Crippen molar-refractivity contribution in [3.63, 3.8) is 0 Å². The molecule has 5 rings (SSSR count). The molecular formula is C36H37Cl2N3O4S. The fourth-order valence-electron chi connectivity index (χ4n) is 5.71. The number of sulfonamides is 1. The lowest BCUT2D eigenvalue weighted by molar-refractivity contribution is -0.140. The van der Waals surface area contributed by atoms with Gasteiger partial charge in [0.05, 0.1) is 10.6 Å². The molecule has 10 heteroatoms. The summed E-state index contributed by atoms with van der Waals surface area (Å²) in [5, 5.41) is 3.88. The summed E-state index contributed by atoms with van der Waals surface area (Å²) in [6.45, 7) is 1.53. The number of benzene rings is 4. The SMILES string of the molecule is Cc1ccc(CN(C(=O)CN(c2cccc(Cl)c2)S(=O)(=O)c2ccc(Cl)cc2)[C@@H](Cc2ccccc2)C(=O)NC2CCCC2)cc1. The van der Waals surface area contributed by atoms with Crippen molar-refractivity contribution in [2.24, 2.45) is 0 Å². The third-order valence-corrected chi connectivity index (χ3v) is 10.5. The molecule has 0 heterocycles. The van der Waals surface area contributed by atoms with Crippen molar-refractivity contribution < 1.29 is 18.0 Å². The molecule has 1 N–H and O–H groups in total. The van der Waals surface area contributed by atoms with Gasteiger partial charge in [0, 0.05) is 29.1 Å². The van der Waals surface area contributed by atoms with Crippen LogP contribution in [-0.4, -0.2) is 43.8 Å². The smallest absolute Gasteiger partial charge is 0.264 e. The summed E-state index contributed by atoms with van der Waals surface area (Å²) in [7, 11) is -4.25. The molecule has 1 aliphatic rings. The van der Waals surface area contributed by atoms with Gasteiger partial charge in [0.1, 0.15) is 12.6 Å². The first-order valence-electron chi connectivity index (χ1n) is 15.3. The zero-order valence-corrected chi connectivity index (χ0v) is 27.9. The maximum absolute atomic E-state index is 14.6. The molecule has 0 aromatic heterocycles. The number of rotatable bonds is 12. The second kappa shape index (κ2) is 15.2. The number of halogens is 2. The minimum absolute atomic E-state index is 0.0328. The highest BCUT2D eigenvalue weighted by Gasteiger charge is 2.35. The molecule has 1 saturated carbocycles. The first-order chi connectivity index (χ1) is 22.1. The molecule has 240 valence electrons. The Morgan fingerprint density at radius 3 is 2.15 bits per heavy atom. The van der Waals surface area contributed by atoms with Gasteiger partial charge in [-0.15, -0.1) is 0 Å². The highest BCUT2D eigenvalue weighted by Crippen LogP contribution is 2.28. The van der Waals surface area contributed by atoms with Crippen LogP contribution in [0.4, 0.5) is 5.69 Å². The molecule has 4 aromatic rings. The molecule has 1 aliphatic carbocycles. The number of amides is 2. The highest BCUT2D eigenvalue weighted by molar-refractivity contribution is 7.92. The van der Waals surface area contributed by atoms with Gasteiger partial charge < -0.3 is 10.2 Å². The standard InChI is InChI=1S/C36H37Cl2N3O4S/c1-26-14-16-28(17-15-26)24-40(34(22-27-8-3-2-4-9-27)36(43)39-31-11-5-6-12-31)35(42)25-41(32-13-7-10-30(38)23-32)46(44,45)33-20-18-29(37)19-21-33/h2-4,7-10,13-21,23,31,34H,5-6,11-12,22,24-25H2,1H3,(H,39,43)/t34-/m0/s1. The molecule has 0 saturated heterocycles. The summed E-state index contributed by atoms with van der Waals surface area (Å²) >= 11 is 12.4. The molecule has 7 nitrogen and oxygen atoms in total. The number of nitrogens with zero attached hydrogens (tertiary/aromatic N) is 2. The van der Waals surface area contributed by atoms with Gasteiger partial charge in [-0.25, -0.2) is 8.42 Å². The Labute approximate surface area is 281 Å². The number of carbonyl (C=O) groups excluding carboxylic acids is 2. The van der Waals surface area contributed by atoms with Crippen LogP contribution in [0.25, 0.3) is 0 Å². The lowest BCUT2D eigenvalue weighted by Crippen LogP contribution is -2.54. The van der Waals surface area contributed by atoms with E-state index in [9.17, 15) is 18.0 Å². The van der Waals surface area contributed by atoms with Crippen LogP contribution in [-0.2, 0) is 32.6 Å². The third-order valence-electron chi connectivity index (χ3n) is 8.22. The first kappa shape index (κ1) is 33.5. The van der Waals surface area contributed by atoms with Gasteiger partial charge >= 0.3 is 0 Å². The van der Waals surface area contributed by atoms with Gasteiger partial charge in [0.15, 0.2) is 0 Å². The minimum Gasteiger partial charge on any atom is -0.352 e. The van der Waals surface area contributed by atoms with Crippen molar-refractivity contribution in [2.45, 2.75) is 62.6 Å². The lowest BCUT2D eigenvalue weighted by Gasteiger charge is -2.34. The monoisotopic (exact) mass is 677 g/mol. The zero-order valence-electron chi connectivity index (χ0n) is 25.6. The number of nitrogens with one attached hydrogen (secondary N) is 1. The Morgan fingerprint density at radius 1 is 0.826 bits per heavy atom. The van der Waals surface area contributed by atoms with Gasteiger partial charge in [0.25, 0.3) is 10.0 Å². The minimum atomic E-state index is -4.25. The molecule has 0 spiro atoms. The van der Waals surface area contributed by atoms with Crippen molar-refractivity contribution in [3.05, 3.63) is 130 Å². The van der Waals surface area contributed by atoms with Crippen molar-refractivity contribution in [2.75, 3.05) is 10.8 Å². The summed E-state index contributed by atoms with van der Waals surface area (Å²) in [4.78, 5) is 30.1. The van der Waals surface area contributed by atoms with E-state index in [1.807, 2.05) is 61.5 Å². The van der Waals surface area contributed by atoms with Gasteiger partial charge in [-0.1, -0.05) is 102 Å².